The largest absolute Gasteiger partial charge is 0.348 e. The van der Waals surface area contributed by atoms with Crippen LogP contribution in [0.3, 0.4) is 0 Å². The van der Waals surface area contributed by atoms with Crippen LogP contribution in [-0.2, 0) is 13.0 Å². The van der Waals surface area contributed by atoms with Gasteiger partial charge in [-0.2, -0.15) is 0 Å². The summed E-state index contributed by atoms with van der Waals surface area (Å²) in [5.74, 6) is -0.445. The summed E-state index contributed by atoms with van der Waals surface area (Å²) in [6.07, 6.45) is 5.70. The lowest BCUT2D eigenvalue weighted by atomic mass is 10.1. The summed E-state index contributed by atoms with van der Waals surface area (Å²) in [6, 6.07) is 14.7. The molecule has 1 aromatic carbocycles. The number of hydrogen-bond acceptors (Lipinski definition) is 4. The number of para-hydroxylation sites is 1. The van der Waals surface area contributed by atoms with Crippen LogP contribution >= 0.6 is 0 Å². The zero-order chi connectivity index (χ0) is 18.6. The number of carbonyl (C=O) groups excluding carboxylic acids is 2. The van der Waals surface area contributed by atoms with Crippen LogP contribution in [0.5, 0.6) is 0 Å². The van der Waals surface area contributed by atoms with E-state index < -0.39 is 0 Å². The molecule has 1 aliphatic heterocycles. The van der Waals surface area contributed by atoms with Gasteiger partial charge in [0.15, 0.2) is 0 Å². The SMILES string of the molecule is O=C(NCc1cccnc1)c1ccnc(C(=O)N2CCc3ccccc32)c1. The summed E-state index contributed by atoms with van der Waals surface area (Å²) in [5.41, 5.74) is 3.64. The van der Waals surface area contributed by atoms with Gasteiger partial charge in [0, 0.05) is 42.9 Å². The minimum atomic E-state index is -0.253. The zero-order valence-electron chi connectivity index (χ0n) is 14.6. The fourth-order valence-electron chi connectivity index (χ4n) is 3.16. The maximum atomic E-state index is 12.9. The molecule has 6 nitrogen and oxygen atoms in total. The molecule has 0 bridgehead atoms. The van der Waals surface area contributed by atoms with E-state index in [1.807, 2.05) is 36.4 Å². The number of carbonyl (C=O) groups is 2. The Kier molecular flexibility index (Phi) is 4.61. The lowest BCUT2D eigenvalue weighted by molar-refractivity contribution is 0.0950. The summed E-state index contributed by atoms with van der Waals surface area (Å²) in [4.78, 5) is 35.2. The third kappa shape index (κ3) is 3.55. The van der Waals surface area contributed by atoms with Crippen molar-refractivity contribution in [2.24, 2.45) is 0 Å². The second-order valence-electron chi connectivity index (χ2n) is 6.31. The Bertz CT molecular complexity index is 988. The van der Waals surface area contributed by atoms with Crippen molar-refractivity contribution in [3.63, 3.8) is 0 Å². The Balaban J connectivity index is 1.49. The molecule has 0 fully saturated rings. The molecule has 0 saturated carbocycles. The Hall–Kier alpha value is -3.54. The third-order valence-electron chi connectivity index (χ3n) is 4.55. The highest BCUT2D eigenvalue weighted by Crippen LogP contribution is 2.28. The molecule has 2 aromatic heterocycles. The number of anilines is 1. The van der Waals surface area contributed by atoms with Gasteiger partial charge >= 0.3 is 0 Å². The molecular weight excluding hydrogens is 340 g/mol. The van der Waals surface area contributed by atoms with Crippen molar-refractivity contribution in [1.29, 1.82) is 0 Å². The second-order valence-corrected chi connectivity index (χ2v) is 6.31. The maximum Gasteiger partial charge on any atom is 0.276 e. The summed E-state index contributed by atoms with van der Waals surface area (Å²) in [7, 11) is 0. The molecule has 1 N–H and O–H groups in total. The number of aromatic nitrogens is 2. The highest BCUT2D eigenvalue weighted by atomic mass is 16.2. The first-order valence-corrected chi connectivity index (χ1v) is 8.75. The van der Waals surface area contributed by atoms with Crippen molar-refractivity contribution < 1.29 is 9.59 Å². The lowest BCUT2D eigenvalue weighted by Crippen LogP contribution is -2.30. The number of fused-ring (bicyclic) bond motifs is 1. The number of rotatable bonds is 4. The van der Waals surface area contributed by atoms with Crippen molar-refractivity contribution >= 4 is 17.5 Å². The summed E-state index contributed by atoms with van der Waals surface area (Å²) in [6.45, 7) is 0.995. The van der Waals surface area contributed by atoms with Crippen LogP contribution in [0.4, 0.5) is 5.69 Å². The maximum absolute atomic E-state index is 12.9. The number of nitrogens with zero attached hydrogens (tertiary/aromatic N) is 3. The summed E-state index contributed by atoms with van der Waals surface area (Å²) in [5, 5.41) is 2.83. The first-order valence-electron chi connectivity index (χ1n) is 8.75. The van der Waals surface area contributed by atoms with Gasteiger partial charge in [-0.25, -0.2) is 0 Å². The van der Waals surface area contributed by atoms with Crippen molar-refractivity contribution in [3.05, 3.63) is 89.5 Å². The van der Waals surface area contributed by atoms with Gasteiger partial charge in [0.1, 0.15) is 5.69 Å². The van der Waals surface area contributed by atoms with Crippen LogP contribution in [0.15, 0.2) is 67.1 Å². The van der Waals surface area contributed by atoms with Crippen LogP contribution in [-0.4, -0.2) is 28.3 Å². The quantitative estimate of drug-likeness (QED) is 0.778. The smallest absolute Gasteiger partial charge is 0.276 e. The predicted octanol–water partition coefficient (Wildman–Crippen LogP) is 2.61. The Morgan fingerprint density at radius 3 is 2.81 bits per heavy atom. The van der Waals surface area contributed by atoms with Crippen molar-refractivity contribution in [1.82, 2.24) is 15.3 Å². The van der Waals surface area contributed by atoms with E-state index in [0.29, 0.717) is 18.7 Å². The first-order chi connectivity index (χ1) is 13.2. The summed E-state index contributed by atoms with van der Waals surface area (Å²) >= 11 is 0. The van der Waals surface area contributed by atoms with Crippen molar-refractivity contribution in [3.8, 4) is 0 Å². The highest BCUT2D eigenvalue weighted by Gasteiger charge is 2.26. The van der Waals surface area contributed by atoms with Gasteiger partial charge in [-0.05, 0) is 41.8 Å². The van der Waals surface area contributed by atoms with Crippen LogP contribution in [0, 0.1) is 0 Å². The van der Waals surface area contributed by atoms with Gasteiger partial charge in [0.2, 0.25) is 0 Å². The number of benzene rings is 1. The minimum Gasteiger partial charge on any atom is -0.348 e. The van der Waals surface area contributed by atoms with Crippen LogP contribution < -0.4 is 10.2 Å². The molecule has 2 amide bonds. The van der Waals surface area contributed by atoms with E-state index in [-0.39, 0.29) is 17.5 Å². The van der Waals surface area contributed by atoms with Crippen molar-refractivity contribution in [2.45, 2.75) is 13.0 Å². The predicted molar refractivity (Wildman–Crippen MR) is 101 cm³/mol. The van der Waals surface area contributed by atoms with Crippen LogP contribution in [0.1, 0.15) is 32.0 Å². The standard InChI is InChI=1S/C21H18N4O2/c26-20(24-14-15-4-3-9-22-13-15)17-7-10-23-18(12-17)21(27)25-11-8-16-5-1-2-6-19(16)25/h1-7,9-10,12-13H,8,11,14H2,(H,24,26). The van der Waals surface area contributed by atoms with Crippen LogP contribution in [0.2, 0.25) is 0 Å². The van der Waals surface area contributed by atoms with E-state index >= 15 is 0 Å². The first kappa shape index (κ1) is 16.9. The van der Waals surface area contributed by atoms with Gasteiger partial charge < -0.3 is 10.2 Å². The highest BCUT2D eigenvalue weighted by molar-refractivity contribution is 6.07. The fourth-order valence-corrected chi connectivity index (χ4v) is 3.16. The molecule has 0 aliphatic carbocycles. The molecule has 0 spiro atoms. The van der Waals surface area contributed by atoms with Gasteiger partial charge in [0.25, 0.3) is 11.8 Å². The molecule has 134 valence electrons. The molecule has 0 saturated heterocycles. The van der Waals surface area contributed by atoms with E-state index in [4.69, 9.17) is 0 Å². The molecule has 0 unspecified atom stereocenters. The Morgan fingerprint density at radius 2 is 1.96 bits per heavy atom. The Morgan fingerprint density at radius 1 is 1.07 bits per heavy atom. The molecule has 0 atom stereocenters. The molecular formula is C21H18N4O2. The summed E-state index contributed by atoms with van der Waals surface area (Å²) < 4.78 is 0. The monoisotopic (exact) mass is 358 g/mol. The lowest BCUT2D eigenvalue weighted by Gasteiger charge is -2.17. The minimum absolute atomic E-state index is 0.193. The molecule has 6 heteroatoms. The van der Waals surface area contributed by atoms with Gasteiger partial charge in [0.05, 0.1) is 0 Å². The fraction of sp³-hybridized carbons (Fsp3) is 0.143. The average molecular weight is 358 g/mol. The molecule has 3 aromatic rings. The second kappa shape index (κ2) is 7.37. The van der Waals surface area contributed by atoms with Gasteiger partial charge in [-0.15, -0.1) is 0 Å². The van der Waals surface area contributed by atoms with Crippen molar-refractivity contribution in [2.75, 3.05) is 11.4 Å². The Labute approximate surface area is 156 Å². The zero-order valence-corrected chi connectivity index (χ0v) is 14.6. The molecule has 3 heterocycles. The number of nitrogens with one attached hydrogen (secondary N) is 1. The average Bonchev–Trinajstić information content (AvgIpc) is 3.16. The van der Waals surface area contributed by atoms with Gasteiger partial charge in [-0.3, -0.25) is 19.6 Å². The molecule has 1 aliphatic rings. The van der Waals surface area contributed by atoms with E-state index in [1.165, 1.54) is 6.20 Å². The molecule has 27 heavy (non-hydrogen) atoms. The van der Waals surface area contributed by atoms with E-state index in [9.17, 15) is 9.59 Å². The van der Waals surface area contributed by atoms with E-state index in [0.717, 1.165) is 23.2 Å². The number of amides is 2. The normalized spacial score (nSPS) is 12.5. The van der Waals surface area contributed by atoms with E-state index in [1.54, 1.807) is 29.4 Å². The van der Waals surface area contributed by atoms with E-state index in [2.05, 4.69) is 15.3 Å². The molecule has 0 radical (unpaired) electrons. The van der Waals surface area contributed by atoms with Crippen LogP contribution in [0.25, 0.3) is 0 Å². The number of hydrogen-bond donors (Lipinski definition) is 1. The number of pyridine rings is 2. The molecule has 4 rings (SSSR count). The third-order valence-corrected chi connectivity index (χ3v) is 4.55. The van der Waals surface area contributed by atoms with Gasteiger partial charge in [-0.1, -0.05) is 24.3 Å². The topological polar surface area (TPSA) is 75.2 Å².